The highest BCUT2D eigenvalue weighted by Crippen LogP contribution is 2.35. The predicted molar refractivity (Wildman–Crippen MR) is 106 cm³/mol. The lowest BCUT2D eigenvalue weighted by molar-refractivity contribution is 0.0692. The molecule has 3 aromatic heterocycles. The lowest BCUT2D eigenvalue weighted by Gasteiger charge is -2.35. The van der Waals surface area contributed by atoms with Crippen LogP contribution >= 0.6 is 0 Å². The monoisotopic (exact) mass is 387 g/mol. The second kappa shape index (κ2) is 6.77. The molecular formula is C22H18FN5O. The van der Waals surface area contributed by atoms with Gasteiger partial charge in [-0.2, -0.15) is 0 Å². The number of rotatable bonds is 2. The van der Waals surface area contributed by atoms with Crippen LogP contribution in [0.5, 0.6) is 0 Å². The molecule has 7 heteroatoms. The molecule has 0 fully saturated rings. The molecule has 0 saturated heterocycles. The van der Waals surface area contributed by atoms with E-state index in [-0.39, 0.29) is 17.8 Å². The van der Waals surface area contributed by atoms with Crippen LogP contribution in [0, 0.1) is 12.7 Å². The molecule has 1 N–H and O–H groups in total. The summed E-state index contributed by atoms with van der Waals surface area (Å²) in [5.41, 5.74) is 4.42. The molecule has 1 amide bonds. The van der Waals surface area contributed by atoms with E-state index >= 15 is 0 Å². The summed E-state index contributed by atoms with van der Waals surface area (Å²) in [6, 6.07) is 9.57. The number of carbonyl (C=O) groups excluding carboxylic acids is 1. The largest absolute Gasteiger partial charge is 0.348 e. The third-order valence-electron chi connectivity index (χ3n) is 5.32. The van der Waals surface area contributed by atoms with Crippen LogP contribution in [0.3, 0.4) is 0 Å². The fraction of sp³-hybridized carbons (Fsp3) is 0.182. The van der Waals surface area contributed by atoms with E-state index in [1.54, 1.807) is 30.9 Å². The minimum absolute atomic E-state index is 0.130. The van der Waals surface area contributed by atoms with Crippen molar-refractivity contribution in [3.8, 4) is 0 Å². The number of aromatic nitrogens is 4. The maximum atomic E-state index is 13.7. The topological polar surface area (TPSA) is 74.8 Å². The average Bonchev–Trinajstić information content (AvgIpc) is 3.21. The molecule has 6 nitrogen and oxygen atoms in total. The van der Waals surface area contributed by atoms with Crippen LogP contribution < -0.4 is 0 Å². The first-order valence-electron chi connectivity index (χ1n) is 9.42. The van der Waals surface area contributed by atoms with Gasteiger partial charge in [0.1, 0.15) is 11.9 Å². The molecule has 0 saturated carbocycles. The van der Waals surface area contributed by atoms with Gasteiger partial charge in [-0.25, -0.2) is 9.37 Å². The lowest BCUT2D eigenvalue weighted by Crippen LogP contribution is -2.41. The van der Waals surface area contributed by atoms with Gasteiger partial charge in [-0.1, -0.05) is 6.07 Å². The number of halogens is 1. The summed E-state index contributed by atoms with van der Waals surface area (Å²) in [6.07, 6.45) is 5.82. The van der Waals surface area contributed by atoms with E-state index < -0.39 is 0 Å². The Morgan fingerprint density at radius 3 is 3.00 bits per heavy atom. The van der Waals surface area contributed by atoms with Gasteiger partial charge >= 0.3 is 0 Å². The molecule has 1 aliphatic rings. The zero-order valence-corrected chi connectivity index (χ0v) is 15.8. The van der Waals surface area contributed by atoms with Crippen LogP contribution in [-0.2, 0) is 6.42 Å². The van der Waals surface area contributed by atoms with Crippen molar-refractivity contribution < 1.29 is 9.18 Å². The fourth-order valence-corrected chi connectivity index (χ4v) is 4.04. The molecule has 0 bridgehead atoms. The van der Waals surface area contributed by atoms with E-state index in [0.29, 0.717) is 35.1 Å². The average molecular weight is 387 g/mol. The number of carbonyl (C=O) groups is 1. The normalized spacial score (nSPS) is 16.1. The number of aryl methyl sites for hydroxylation is 1. The van der Waals surface area contributed by atoms with Crippen LogP contribution in [-0.4, -0.2) is 37.3 Å². The highest BCUT2D eigenvalue weighted by molar-refractivity contribution is 6.06. The Balaban J connectivity index is 1.65. The first kappa shape index (κ1) is 17.5. The minimum atomic E-state index is -0.374. The summed E-state index contributed by atoms with van der Waals surface area (Å²) in [7, 11) is 0. The number of hydrogen-bond acceptors (Lipinski definition) is 4. The Morgan fingerprint density at radius 1 is 1.28 bits per heavy atom. The van der Waals surface area contributed by atoms with E-state index in [1.807, 2.05) is 24.0 Å². The fourth-order valence-electron chi connectivity index (χ4n) is 4.04. The molecule has 1 aliphatic heterocycles. The van der Waals surface area contributed by atoms with Crippen LogP contribution in [0.4, 0.5) is 4.39 Å². The summed E-state index contributed by atoms with van der Waals surface area (Å²) >= 11 is 0. The smallest absolute Gasteiger partial charge is 0.255 e. The maximum absolute atomic E-state index is 13.7. The molecule has 4 aromatic rings. The number of nitrogens with one attached hydrogen (secondary N) is 1. The number of amides is 1. The third kappa shape index (κ3) is 2.95. The molecule has 144 valence electrons. The van der Waals surface area contributed by atoms with Crippen molar-refractivity contribution in [1.29, 1.82) is 0 Å². The SMILES string of the molecule is Cc1cc(C(=O)N2CCc3[nH]cnc3C2c2cccnc2)c2ccc(F)cc2n1. The molecule has 1 atom stereocenters. The van der Waals surface area contributed by atoms with E-state index in [1.165, 1.54) is 12.1 Å². The summed E-state index contributed by atoms with van der Waals surface area (Å²) in [4.78, 5) is 31.8. The van der Waals surface area contributed by atoms with Gasteiger partial charge in [-0.3, -0.25) is 14.8 Å². The molecule has 4 heterocycles. The number of aromatic amines is 1. The number of hydrogen-bond donors (Lipinski definition) is 1. The second-order valence-corrected chi connectivity index (χ2v) is 7.18. The van der Waals surface area contributed by atoms with Gasteiger partial charge < -0.3 is 9.88 Å². The standard InChI is InChI=1S/C22H18FN5O/c1-13-9-17(16-5-4-15(23)10-19(16)27-13)22(29)28-8-6-18-20(26-12-25-18)21(28)14-3-2-7-24-11-14/h2-5,7,9-12,21H,6,8H2,1H3,(H,25,26). The lowest BCUT2D eigenvalue weighted by atomic mass is 9.95. The summed E-state index contributed by atoms with van der Waals surface area (Å²) in [6.45, 7) is 2.35. The highest BCUT2D eigenvalue weighted by atomic mass is 19.1. The van der Waals surface area contributed by atoms with Gasteiger partial charge in [0, 0.05) is 48.2 Å². The van der Waals surface area contributed by atoms with Crippen molar-refractivity contribution in [3.05, 3.63) is 89.1 Å². The van der Waals surface area contributed by atoms with E-state index in [9.17, 15) is 9.18 Å². The maximum Gasteiger partial charge on any atom is 0.255 e. The van der Waals surface area contributed by atoms with Gasteiger partial charge in [-0.05, 0) is 36.8 Å². The van der Waals surface area contributed by atoms with Crippen molar-refractivity contribution in [3.63, 3.8) is 0 Å². The van der Waals surface area contributed by atoms with Crippen molar-refractivity contribution >= 4 is 16.8 Å². The predicted octanol–water partition coefficient (Wildman–Crippen LogP) is 3.59. The zero-order chi connectivity index (χ0) is 20.0. The van der Waals surface area contributed by atoms with Crippen molar-refractivity contribution in [2.75, 3.05) is 6.54 Å². The van der Waals surface area contributed by atoms with Gasteiger partial charge in [0.25, 0.3) is 5.91 Å². The quantitative estimate of drug-likeness (QED) is 0.570. The molecule has 1 unspecified atom stereocenters. The van der Waals surface area contributed by atoms with Crippen LogP contribution in [0.2, 0.25) is 0 Å². The van der Waals surface area contributed by atoms with Crippen molar-refractivity contribution in [1.82, 2.24) is 24.8 Å². The van der Waals surface area contributed by atoms with Crippen LogP contribution in [0.1, 0.15) is 39.0 Å². The highest BCUT2D eigenvalue weighted by Gasteiger charge is 2.35. The summed E-state index contributed by atoms with van der Waals surface area (Å²) in [5.74, 6) is -0.504. The first-order valence-corrected chi connectivity index (χ1v) is 9.42. The Labute approximate surface area is 166 Å². The van der Waals surface area contributed by atoms with Gasteiger partial charge in [0.05, 0.1) is 23.1 Å². The van der Waals surface area contributed by atoms with Crippen LogP contribution in [0.15, 0.2) is 55.1 Å². The molecule has 1 aromatic carbocycles. The minimum Gasteiger partial charge on any atom is -0.348 e. The molecule has 0 spiro atoms. The van der Waals surface area contributed by atoms with E-state index in [4.69, 9.17) is 0 Å². The number of pyridine rings is 2. The molecular weight excluding hydrogens is 369 g/mol. The van der Waals surface area contributed by atoms with Crippen molar-refractivity contribution in [2.24, 2.45) is 0 Å². The first-order chi connectivity index (χ1) is 14.1. The van der Waals surface area contributed by atoms with E-state index in [0.717, 1.165) is 17.0 Å². The number of H-pyrrole nitrogens is 1. The molecule has 29 heavy (non-hydrogen) atoms. The van der Waals surface area contributed by atoms with Gasteiger partial charge in [0.15, 0.2) is 0 Å². The molecule has 0 aliphatic carbocycles. The Kier molecular flexibility index (Phi) is 4.08. The van der Waals surface area contributed by atoms with Gasteiger partial charge in [0.2, 0.25) is 0 Å². The van der Waals surface area contributed by atoms with E-state index in [2.05, 4.69) is 19.9 Å². The Hall–Kier alpha value is -3.61. The summed E-state index contributed by atoms with van der Waals surface area (Å²) in [5, 5.41) is 0.639. The molecule has 5 rings (SSSR count). The number of benzene rings is 1. The van der Waals surface area contributed by atoms with Crippen molar-refractivity contribution in [2.45, 2.75) is 19.4 Å². The summed E-state index contributed by atoms with van der Waals surface area (Å²) < 4.78 is 13.7. The molecule has 0 radical (unpaired) electrons. The zero-order valence-electron chi connectivity index (χ0n) is 15.8. The Morgan fingerprint density at radius 2 is 2.17 bits per heavy atom. The van der Waals surface area contributed by atoms with Crippen LogP contribution in [0.25, 0.3) is 10.9 Å². The Bertz CT molecular complexity index is 1220. The number of nitrogens with zero attached hydrogens (tertiary/aromatic N) is 4. The second-order valence-electron chi connectivity index (χ2n) is 7.18. The number of imidazole rings is 1. The van der Waals surface area contributed by atoms with Gasteiger partial charge in [-0.15, -0.1) is 0 Å². The number of fused-ring (bicyclic) bond motifs is 2. The third-order valence-corrected chi connectivity index (χ3v) is 5.32.